The van der Waals surface area contributed by atoms with Gasteiger partial charge in [0.1, 0.15) is 0 Å². The average molecular weight is 1080 g/mol. The van der Waals surface area contributed by atoms with Gasteiger partial charge in [-0.15, -0.1) is 0 Å². The standard InChI is InChI=1S/C80H58N4/c1-79(2)69-31-15-9-21-57(69)59-47-45-55(49-71(59)79)81(51-37-41-53(42-38-51)83-73-33-17-11-23-61(73)62-24-12-18-34-74(62)83)77-65-27-5-7-29-67(65)78(68-30-8-6-28-66(68)77)82(56-46-48-60-58-22-10-16-32-70(58)80(3,4)72(60)50-56)52-39-43-54(44-40-52)84-75-35-19-13-25-63(75)64-26-14-20-36-76(64)84/h5-50H,1-4H3. The molecule has 0 fully saturated rings. The summed E-state index contributed by atoms with van der Waals surface area (Å²) >= 11 is 0. The van der Waals surface area contributed by atoms with Gasteiger partial charge in [0.25, 0.3) is 0 Å². The summed E-state index contributed by atoms with van der Waals surface area (Å²) in [5.41, 5.74) is 23.9. The SMILES string of the molecule is CC1(C)c2ccccc2-c2ccc(N(c3ccc(-n4c5ccccc5c5ccccc54)cc3)c3c4ccccc4c(N(c4ccc(-n5c6ccccc6c6ccccc65)cc4)c4ccc5c(c4)C(C)(C)c4ccccc4-5)c4ccccc34)cc21. The first-order valence-electron chi connectivity index (χ1n) is 29.4. The van der Waals surface area contributed by atoms with Crippen LogP contribution in [0.2, 0.25) is 0 Å². The van der Waals surface area contributed by atoms with E-state index in [1.54, 1.807) is 0 Å². The largest absolute Gasteiger partial charge is 0.309 e. The molecule has 0 N–H and O–H groups in total. The maximum Gasteiger partial charge on any atom is 0.0619 e. The van der Waals surface area contributed by atoms with Crippen LogP contribution in [0.4, 0.5) is 34.1 Å². The summed E-state index contributed by atoms with van der Waals surface area (Å²) in [5.74, 6) is 0. The van der Waals surface area contributed by atoms with E-state index in [1.165, 1.54) is 88.1 Å². The van der Waals surface area contributed by atoms with Gasteiger partial charge in [-0.3, -0.25) is 0 Å². The second-order valence-electron chi connectivity index (χ2n) is 24.0. The Hall–Kier alpha value is -10.4. The summed E-state index contributed by atoms with van der Waals surface area (Å²) in [6, 6.07) is 104. The summed E-state index contributed by atoms with van der Waals surface area (Å²) in [6.07, 6.45) is 0. The van der Waals surface area contributed by atoms with Crippen molar-refractivity contribution in [1.29, 1.82) is 0 Å². The Morgan fingerprint density at radius 1 is 0.238 bits per heavy atom. The number of hydrogen-bond acceptors (Lipinski definition) is 2. The molecule has 0 unspecified atom stereocenters. The lowest BCUT2D eigenvalue weighted by atomic mass is 9.82. The van der Waals surface area contributed by atoms with Gasteiger partial charge in [0.15, 0.2) is 0 Å². The third-order valence-corrected chi connectivity index (χ3v) is 18.9. The smallest absolute Gasteiger partial charge is 0.0619 e. The van der Waals surface area contributed by atoms with Gasteiger partial charge < -0.3 is 18.9 Å². The Bertz CT molecular complexity index is 4720. The molecule has 0 amide bonds. The van der Waals surface area contributed by atoms with Crippen LogP contribution in [0, 0.1) is 0 Å². The normalized spacial score (nSPS) is 13.7. The Balaban J connectivity index is 0.908. The molecule has 0 atom stereocenters. The minimum absolute atomic E-state index is 0.203. The predicted octanol–water partition coefficient (Wildman–Crippen LogP) is 21.7. The van der Waals surface area contributed by atoms with Crippen LogP contribution in [0.15, 0.2) is 279 Å². The highest BCUT2D eigenvalue weighted by molar-refractivity contribution is 6.23. The zero-order valence-corrected chi connectivity index (χ0v) is 47.3. The summed E-state index contributed by atoms with van der Waals surface area (Å²) in [4.78, 5) is 5.09. The van der Waals surface area contributed by atoms with Crippen molar-refractivity contribution in [1.82, 2.24) is 9.13 Å². The third-order valence-electron chi connectivity index (χ3n) is 18.9. The van der Waals surface area contributed by atoms with Crippen molar-refractivity contribution in [2.75, 3.05) is 9.80 Å². The molecule has 2 heterocycles. The van der Waals surface area contributed by atoms with Crippen LogP contribution in [0.3, 0.4) is 0 Å². The van der Waals surface area contributed by atoms with E-state index < -0.39 is 0 Å². The number of para-hydroxylation sites is 4. The Kier molecular flexibility index (Phi) is 10.4. The van der Waals surface area contributed by atoms with E-state index in [2.05, 4.69) is 326 Å². The Morgan fingerprint density at radius 3 is 0.833 bits per heavy atom. The Labute approximate surface area is 489 Å². The van der Waals surface area contributed by atoms with Crippen LogP contribution in [0.5, 0.6) is 0 Å². The molecule has 4 nitrogen and oxygen atoms in total. The topological polar surface area (TPSA) is 16.3 Å². The van der Waals surface area contributed by atoms with Gasteiger partial charge in [0.05, 0.1) is 33.4 Å². The van der Waals surface area contributed by atoms with Gasteiger partial charge in [-0.25, -0.2) is 0 Å². The first kappa shape index (κ1) is 48.3. The van der Waals surface area contributed by atoms with Crippen LogP contribution in [-0.4, -0.2) is 9.13 Å². The number of anilines is 6. The highest BCUT2D eigenvalue weighted by Gasteiger charge is 2.38. The maximum atomic E-state index is 2.55. The van der Waals surface area contributed by atoms with Gasteiger partial charge in [0, 0.05) is 88.0 Å². The van der Waals surface area contributed by atoms with Crippen molar-refractivity contribution in [2.45, 2.75) is 38.5 Å². The van der Waals surface area contributed by atoms with E-state index in [0.29, 0.717) is 0 Å². The summed E-state index contributed by atoms with van der Waals surface area (Å²) < 4.78 is 4.83. The third kappa shape index (κ3) is 6.88. The fraction of sp³-hybridized carbons (Fsp3) is 0.0750. The van der Waals surface area contributed by atoms with Crippen LogP contribution in [-0.2, 0) is 10.8 Å². The molecule has 0 saturated heterocycles. The van der Waals surface area contributed by atoms with Crippen LogP contribution < -0.4 is 9.80 Å². The number of rotatable bonds is 8. The van der Waals surface area contributed by atoms with Crippen LogP contribution >= 0.6 is 0 Å². The summed E-state index contributed by atoms with van der Waals surface area (Å²) in [5, 5.41) is 9.62. The highest BCUT2D eigenvalue weighted by Crippen LogP contribution is 2.56. The average Bonchev–Trinajstić information content (AvgIpc) is 3.11. The van der Waals surface area contributed by atoms with Crippen molar-refractivity contribution in [2.24, 2.45) is 0 Å². The zero-order chi connectivity index (χ0) is 56.0. The number of hydrogen-bond donors (Lipinski definition) is 0. The second kappa shape index (κ2) is 18.0. The molecule has 0 bridgehead atoms. The molecule has 13 aromatic carbocycles. The summed E-state index contributed by atoms with van der Waals surface area (Å²) in [7, 11) is 0. The molecule has 0 saturated carbocycles. The zero-order valence-electron chi connectivity index (χ0n) is 47.3. The number of benzene rings is 13. The highest BCUT2D eigenvalue weighted by atomic mass is 15.2. The molecular formula is C80H58N4. The van der Waals surface area contributed by atoms with Crippen molar-refractivity contribution in [3.05, 3.63) is 301 Å². The molecule has 398 valence electrons. The molecule has 0 spiro atoms. The molecule has 2 aliphatic rings. The van der Waals surface area contributed by atoms with Crippen LogP contribution in [0.1, 0.15) is 49.9 Å². The quantitative estimate of drug-likeness (QED) is 0.111. The van der Waals surface area contributed by atoms with Gasteiger partial charge in [-0.2, -0.15) is 0 Å². The van der Waals surface area contributed by atoms with Gasteiger partial charge in [-0.05, 0) is 142 Å². The molecule has 15 aromatic rings. The first-order chi connectivity index (χ1) is 41.2. The minimum atomic E-state index is -0.203. The van der Waals surface area contributed by atoms with Crippen molar-refractivity contribution >= 4 is 99.3 Å². The van der Waals surface area contributed by atoms with E-state index in [0.717, 1.165) is 67.0 Å². The van der Waals surface area contributed by atoms with E-state index >= 15 is 0 Å². The molecule has 17 rings (SSSR count). The molecule has 0 radical (unpaired) electrons. The number of aromatic nitrogens is 2. The molecule has 2 aromatic heterocycles. The molecular weight excluding hydrogens is 1020 g/mol. The Morgan fingerprint density at radius 2 is 0.500 bits per heavy atom. The van der Waals surface area contributed by atoms with Gasteiger partial charge in [0.2, 0.25) is 0 Å². The van der Waals surface area contributed by atoms with Gasteiger partial charge in [-0.1, -0.05) is 210 Å². The van der Waals surface area contributed by atoms with E-state index in [-0.39, 0.29) is 10.8 Å². The van der Waals surface area contributed by atoms with Crippen LogP contribution in [0.25, 0.3) is 98.8 Å². The second-order valence-corrected chi connectivity index (χ2v) is 24.0. The number of nitrogens with zero attached hydrogens (tertiary/aromatic N) is 4. The van der Waals surface area contributed by atoms with E-state index in [1.807, 2.05) is 0 Å². The molecule has 4 heteroatoms. The van der Waals surface area contributed by atoms with Crippen molar-refractivity contribution in [3.8, 4) is 33.6 Å². The van der Waals surface area contributed by atoms with Gasteiger partial charge >= 0.3 is 0 Å². The lowest BCUT2D eigenvalue weighted by molar-refractivity contribution is 0.660. The maximum absolute atomic E-state index is 2.55. The summed E-state index contributed by atoms with van der Waals surface area (Å²) in [6.45, 7) is 9.53. The number of fused-ring (bicyclic) bond motifs is 14. The molecule has 2 aliphatic carbocycles. The van der Waals surface area contributed by atoms with Crippen molar-refractivity contribution < 1.29 is 0 Å². The predicted molar refractivity (Wildman–Crippen MR) is 355 cm³/mol. The molecule has 0 aliphatic heterocycles. The van der Waals surface area contributed by atoms with Crippen molar-refractivity contribution in [3.63, 3.8) is 0 Å². The van der Waals surface area contributed by atoms with E-state index in [4.69, 9.17) is 0 Å². The first-order valence-corrected chi connectivity index (χ1v) is 29.4. The fourth-order valence-electron chi connectivity index (χ4n) is 14.9. The lowest BCUT2D eigenvalue weighted by Gasteiger charge is -2.34. The fourth-order valence-corrected chi connectivity index (χ4v) is 14.9. The lowest BCUT2D eigenvalue weighted by Crippen LogP contribution is -2.18. The molecule has 84 heavy (non-hydrogen) atoms. The van der Waals surface area contributed by atoms with E-state index in [9.17, 15) is 0 Å². The minimum Gasteiger partial charge on any atom is -0.309 e. The monoisotopic (exact) mass is 1070 g/mol.